The summed E-state index contributed by atoms with van der Waals surface area (Å²) in [7, 11) is 1.86. The van der Waals surface area contributed by atoms with Crippen LogP contribution >= 0.6 is 0 Å². The van der Waals surface area contributed by atoms with Crippen molar-refractivity contribution in [1.29, 1.82) is 0 Å². The minimum absolute atomic E-state index is 0.356. The maximum atomic E-state index is 5.63. The standard InChI is InChI=1S/C9H15N5/c1-11-8-6-2-4-12-5-3-7(6)13-9(10)14-8/h12H,2-5H2,1H3,(H3,10,11,13,14). The first-order valence-corrected chi connectivity index (χ1v) is 4.85. The van der Waals surface area contributed by atoms with Gasteiger partial charge in [0.15, 0.2) is 0 Å². The van der Waals surface area contributed by atoms with E-state index in [1.165, 1.54) is 5.56 Å². The Morgan fingerprint density at radius 1 is 1.29 bits per heavy atom. The smallest absolute Gasteiger partial charge is 0.222 e. The Labute approximate surface area is 83.1 Å². The van der Waals surface area contributed by atoms with Crippen LogP contribution < -0.4 is 16.4 Å². The lowest BCUT2D eigenvalue weighted by molar-refractivity contribution is 0.708. The van der Waals surface area contributed by atoms with Crippen LogP contribution in [0.1, 0.15) is 11.3 Å². The molecule has 0 saturated carbocycles. The van der Waals surface area contributed by atoms with Crippen LogP contribution in [0.25, 0.3) is 0 Å². The lowest BCUT2D eigenvalue weighted by Gasteiger charge is -2.10. The van der Waals surface area contributed by atoms with Gasteiger partial charge < -0.3 is 16.4 Å². The van der Waals surface area contributed by atoms with Crippen molar-refractivity contribution in [3.8, 4) is 0 Å². The van der Waals surface area contributed by atoms with Gasteiger partial charge >= 0.3 is 0 Å². The Morgan fingerprint density at radius 3 is 2.86 bits per heavy atom. The molecule has 4 N–H and O–H groups in total. The molecule has 1 aliphatic heterocycles. The van der Waals surface area contributed by atoms with E-state index < -0.39 is 0 Å². The van der Waals surface area contributed by atoms with E-state index in [1.54, 1.807) is 0 Å². The van der Waals surface area contributed by atoms with Gasteiger partial charge in [0, 0.05) is 25.6 Å². The number of nitrogens with zero attached hydrogens (tertiary/aromatic N) is 2. The van der Waals surface area contributed by atoms with Crippen LogP contribution in [-0.4, -0.2) is 30.1 Å². The van der Waals surface area contributed by atoms with Crippen LogP contribution in [0, 0.1) is 0 Å². The molecular formula is C9H15N5. The largest absolute Gasteiger partial charge is 0.373 e. The van der Waals surface area contributed by atoms with Crippen molar-refractivity contribution < 1.29 is 0 Å². The molecule has 1 aromatic rings. The van der Waals surface area contributed by atoms with E-state index in [0.29, 0.717) is 5.95 Å². The highest BCUT2D eigenvalue weighted by Crippen LogP contribution is 2.19. The molecule has 0 atom stereocenters. The van der Waals surface area contributed by atoms with Gasteiger partial charge in [-0.15, -0.1) is 0 Å². The summed E-state index contributed by atoms with van der Waals surface area (Å²) in [5, 5.41) is 6.39. The Morgan fingerprint density at radius 2 is 2.07 bits per heavy atom. The number of nitrogen functional groups attached to an aromatic ring is 1. The van der Waals surface area contributed by atoms with E-state index in [9.17, 15) is 0 Å². The van der Waals surface area contributed by atoms with E-state index >= 15 is 0 Å². The summed E-state index contributed by atoms with van der Waals surface area (Å²) >= 11 is 0. The predicted octanol–water partition coefficient (Wildman–Crippen LogP) is -0.211. The minimum Gasteiger partial charge on any atom is -0.373 e. The zero-order valence-electron chi connectivity index (χ0n) is 8.30. The van der Waals surface area contributed by atoms with Gasteiger partial charge in [0.25, 0.3) is 0 Å². The average Bonchev–Trinajstić information content (AvgIpc) is 2.41. The van der Waals surface area contributed by atoms with Crippen molar-refractivity contribution >= 4 is 11.8 Å². The first-order valence-electron chi connectivity index (χ1n) is 4.85. The van der Waals surface area contributed by atoms with Gasteiger partial charge in [-0.05, 0) is 13.0 Å². The van der Waals surface area contributed by atoms with Gasteiger partial charge in [0.1, 0.15) is 5.82 Å². The fourth-order valence-electron chi connectivity index (χ4n) is 1.77. The normalized spacial score (nSPS) is 15.8. The molecule has 1 aromatic heterocycles. The lowest BCUT2D eigenvalue weighted by Crippen LogP contribution is -2.16. The summed E-state index contributed by atoms with van der Waals surface area (Å²) in [6.45, 7) is 1.95. The molecule has 76 valence electrons. The lowest BCUT2D eigenvalue weighted by atomic mass is 10.1. The first-order chi connectivity index (χ1) is 6.81. The van der Waals surface area contributed by atoms with Gasteiger partial charge in [-0.1, -0.05) is 0 Å². The molecule has 0 fully saturated rings. The van der Waals surface area contributed by atoms with Gasteiger partial charge in [-0.25, -0.2) is 4.98 Å². The monoisotopic (exact) mass is 193 g/mol. The SMILES string of the molecule is CNc1nc(N)nc2c1CCNCC2. The summed E-state index contributed by atoms with van der Waals surface area (Å²) < 4.78 is 0. The second-order valence-corrected chi connectivity index (χ2v) is 3.36. The average molecular weight is 193 g/mol. The zero-order valence-corrected chi connectivity index (χ0v) is 8.30. The van der Waals surface area contributed by atoms with Gasteiger partial charge in [-0.3, -0.25) is 0 Å². The molecule has 0 bridgehead atoms. The van der Waals surface area contributed by atoms with E-state index in [0.717, 1.165) is 37.4 Å². The number of aromatic nitrogens is 2. The molecule has 5 heteroatoms. The molecule has 0 amide bonds. The molecule has 14 heavy (non-hydrogen) atoms. The molecule has 1 aliphatic rings. The van der Waals surface area contributed by atoms with Crippen LogP contribution in [0.4, 0.5) is 11.8 Å². The Hall–Kier alpha value is -1.36. The number of nitrogens with two attached hydrogens (primary N) is 1. The molecule has 0 aliphatic carbocycles. The van der Waals surface area contributed by atoms with Crippen molar-refractivity contribution in [3.05, 3.63) is 11.3 Å². The van der Waals surface area contributed by atoms with Crippen molar-refractivity contribution in [2.24, 2.45) is 0 Å². The third kappa shape index (κ3) is 1.63. The van der Waals surface area contributed by atoms with E-state index in [1.807, 2.05) is 7.05 Å². The first kappa shape index (κ1) is 9.21. The summed E-state index contributed by atoms with van der Waals surface area (Å²) in [5.41, 5.74) is 7.90. The number of nitrogens with one attached hydrogen (secondary N) is 2. The van der Waals surface area contributed by atoms with Crippen LogP contribution in [0.2, 0.25) is 0 Å². The van der Waals surface area contributed by atoms with Crippen molar-refractivity contribution in [2.45, 2.75) is 12.8 Å². The fourth-order valence-corrected chi connectivity index (χ4v) is 1.77. The second-order valence-electron chi connectivity index (χ2n) is 3.36. The molecule has 0 saturated heterocycles. The van der Waals surface area contributed by atoms with E-state index in [2.05, 4.69) is 20.6 Å². The number of rotatable bonds is 1. The quantitative estimate of drug-likeness (QED) is 0.575. The minimum atomic E-state index is 0.356. The van der Waals surface area contributed by atoms with Gasteiger partial charge in [0.05, 0.1) is 5.69 Å². The Kier molecular flexibility index (Phi) is 2.49. The van der Waals surface area contributed by atoms with Crippen LogP contribution in [0.3, 0.4) is 0 Å². The molecular weight excluding hydrogens is 178 g/mol. The van der Waals surface area contributed by atoms with Crippen LogP contribution in [-0.2, 0) is 12.8 Å². The molecule has 2 heterocycles. The summed E-state index contributed by atoms with van der Waals surface area (Å²) in [4.78, 5) is 8.44. The highest BCUT2D eigenvalue weighted by atomic mass is 15.1. The second kappa shape index (κ2) is 3.79. The molecule has 0 aromatic carbocycles. The maximum absolute atomic E-state index is 5.63. The third-order valence-corrected chi connectivity index (χ3v) is 2.44. The highest BCUT2D eigenvalue weighted by molar-refractivity contribution is 5.49. The molecule has 5 nitrogen and oxygen atoms in total. The highest BCUT2D eigenvalue weighted by Gasteiger charge is 2.14. The van der Waals surface area contributed by atoms with Crippen molar-refractivity contribution in [3.63, 3.8) is 0 Å². The van der Waals surface area contributed by atoms with Gasteiger partial charge in [-0.2, -0.15) is 4.98 Å². The molecule has 0 spiro atoms. The predicted molar refractivity (Wildman–Crippen MR) is 56.3 cm³/mol. The van der Waals surface area contributed by atoms with E-state index in [-0.39, 0.29) is 0 Å². The van der Waals surface area contributed by atoms with E-state index in [4.69, 9.17) is 5.73 Å². The molecule has 0 unspecified atom stereocenters. The zero-order chi connectivity index (χ0) is 9.97. The van der Waals surface area contributed by atoms with Gasteiger partial charge in [0.2, 0.25) is 5.95 Å². The third-order valence-electron chi connectivity index (χ3n) is 2.44. The van der Waals surface area contributed by atoms with Crippen molar-refractivity contribution in [1.82, 2.24) is 15.3 Å². The van der Waals surface area contributed by atoms with Crippen molar-refractivity contribution in [2.75, 3.05) is 31.2 Å². The van der Waals surface area contributed by atoms with Crippen LogP contribution in [0.15, 0.2) is 0 Å². The number of hydrogen-bond donors (Lipinski definition) is 3. The Bertz CT molecular complexity index is 336. The molecule has 2 rings (SSSR count). The maximum Gasteiger partial charge on any atom is 0.222 e. The summed E-state index contributed by atoms with van der Waals surface area (Å²) in [6, 6.07) is 0. The summed E-state index contributed by atoms with van der Waals surface area (Å²) in [5.74, 6) is 1.23. The Balaban J connectivity index is 2.46. The number of hydrogen-bond acceptors (Lipinski definition) is 5. The molecule has 0 radical (unpaired) electrons. The number of anilines is 2. The number of fused-ring (bicyclic) bond motifs is 1. The van der Waals surface area contributed by atoms with Crippen LogP contribution in [0.5, 0.6) is 0 Å². The summed E-state index contributed by atoms with van der Waals surface area (Å²) in [6.07, 6.45) is 1.89. The fraction of sp³-hybridized carbons (Fsp3) is 0.556. The topological polar surface area (TPSA) is 75.9 Å².